The smallest absolute Gasteiger partial charge is 0.298 e. The number of anilines is 1. The van der Waals surface area contributed by atoms with Gasteiger partial charge in [-0.2, -0.15) is 4.98 Å². The molecule has 4 saturated carbocycles. The number of aromatic nitrogens is 1. The Hall–Kier alpha value is -1.19. The van der Waals surface area contributed by atoms with Gasteiger partial charge in [0, 0.05) is 11.5 Å². The van der Waals surface area contributed by atoms with E-state index in [4.69, 9.17) is 4.42 Å². The molecule has 2 N–H and O–H groups in total. The Morgan fingerprint density at radius 1 is 0.957 bits per heavy atom. The predicted molar refractivity (Wildman–Crippen MR) is 90.6 cm³/mol. The summed E-state index contributed by atoms with van der Waals surface area (Å²) in [6, 6.07) is 0.702. The van der Waals surface area contributed by atoms with Gasteiger partial charge in [-0.15, -0.1) is 0 Å². The zero-order valence-corrected chi connectivity index (χ0v) is 15.1. The Bertz CT molecular complexity index is 594. The zero-order valence-electron chi connectivity index (χ0n) is 15.1. The number of oxazole rings is 1. The maximum Gasteiger partial charge on any atom is 0.298 e. The molecule has 0 aliphatic heterocycles. The number of nitrogens with zero attached hydrogens (tertiary/aromatic N) is 1. The van der Waals surface area contributed by atoms with Gasteiger partial charge in [0.1, 0.15) is 0 Å². The lowest BCUT2D eigenvalue weighted by atomic mass is 9.36. The van der Waals surface area contributed by atoms with Gasteiger partial charge in [-0.25, -0.2) is 0 Å². The summed E-state index contributed by atoms with van der Waals surface area (Å²) in [5, 5.41) is 13.7. The molecule has 4 bridgehead atoms. The van der Waals surface area contributed by atoms with Gasteiger partial charge in [-0.1, -0.05) is 20.8 Å². The molecule has 1 aromatic heterocycles. The van der Waals surface area contributed by atoms with Crippen LogP contribution in [0.25, 0.3) is 0 Å². The van der Waals surface area contributed by atoms with Crippen LogP contribution in [-0.2, 0) is 5.41 Å². The second-order valence-corrected chi connectivity index (χ2v) is 10.2. The Morgan fingerprint density at radius 2 is 1.43 bits per heavy atom. The minimum absolute atomic E-state index is 0.0407. The molecule has 4 heteroatoms. The van der Waals surface area contributed by atoms with Gasteiger partial charge < -0.3 is 14.8 Å². The molecule has 4 fully saturated rings. The lowest BCUT2D eigenvalue weighted by Crippen LogP contribution is -2.60. The predicted octanol–water partition coefficient (Wildman–Crippen LogP) is 4.84. The van der Waals surface area contributed by atoms with E-state index in [9.17, 15) is 5.11 Å². The molecular formula is C19H30N2O2. The Labute approximate surface area is 139 Å². The van der Waals surface area contributed by atoms with Crippen LogP contribution < -0.4 is 5.32 Å². The summed E-state index contributed by atoms with van der Waals surface area (Å²) < 4.78 is 6.07. The van der Waals surface area contributed by atoms with Gasteiger partial charge in [0.2, 0.25) is 0 Å². The van der Waals surface area contributed by atoms with Crippen molar-refractivity contribution in [3.05, 3.63) is 5.76 Å². The first kappa shape index (κ1) is 15.3. The van der Waals surface area contributed by atoms with Crippen LogP contribution in [0.3, 0.4) is 0 Å². The molecule has 0 radical (unpaired) electrons. The number of aromatic hydroxyl groups is 1. The highest BCUT2D eigenvalue weighted by atomic mass is 16.4. The van der Waals surface area contributed by atoms with Crippen molar-refractivity contribution < 1.29 is 9.52 Å². The first-order chi connectivity index (χ1) is 10.5. The number of rotatable bonds is 3. The quantitative estimate of drug-likeness (QED) is 0.837. The lowest BCUT2D eigenvalue weighted by Gasteiger charge is -2.68. The minimum atomic E-state index is -0.0407. The fourth-order valence-corrected chi connectivity index (χ4v) is 7.50. The summed E-state index contributed by atoms with van der Waals surface area (Å²) in [7, 11) is 0. The highest BCUT2D eigenvalue weighted by molar-refractivity contribution is 5.37. The Kier molecular flexibility index (Phi) is 2.84. The van der Waals surface area contributed by atoms with Crippen LogP contribution in [0.1, 0.15) is 78.9 Å². The van der Waals surface area contributed by atoms with E-state index in [1.54, 1.807) is 0 Å². The SMILES string of the molecule is CC(C)Nc1nc(O)c(C23CC4(C)CC(C)(CC(C)(C4)C2)C3)o1. The molecule has 128 valence electrons. The van der Waals surface area contributed by atoms with E-state index in [-0.39, 0.29) is 17.3 Å². The zero-order chi connectivity index (χ0) is 16.7. The molecule has 23 heavy (non-hydrogen) atoms. The van der Waals surface area contributed by atoms with Crippen LogP contribution in [0.2, 0.25) is 0 Å². The molecule has 1 heterocycles. The van der Waals surface area contributed by atoms with Crippen LogP contribution in [0, 0.1) is 16.2 Å². The third-order valence-corrected chi connectivity index (χ3v) is 6.36. The monoisotopic (exact) mass is 318 g/mol. The van der Waals surface area contributed by atoms with Crippen LogP contribution in [0.5, 0.6) is 5.88 Å². The molecule has 1 aromatic rings. The summed E-state index contributed by atoms with van der Waals surface area (Å²) in [5.74, 6) is 0.842. The van der Waals surface area contributed by atoms with Gasteiger partial charge in [0.25, 0.3) is 11.9 Å². The van der Waals surface area contributed by atoms with Crippen LogP contribution in [0.15, 0.2) is 4.42 Å². The Morgan fingerprint density at radius 3 is 1.87 bits per heavy atom. The maximum atomic E-state index is 10.5. The normalized spacial score (nSPS) is 45.0. The van der Waals surface area contributed by atoms with Gasteiger partial charge in [-0.3, -0.25) is 0 Å². The first-order valence-electron chi connectivity index (χ1n) is 9.02. The van der Waals surface area contributed by atoms with Crippen molar-refractivity contribution in [1.29, 1.82) is 0 Å². The number of nitrogens with one attached hydrogen (secondary N) is 1. The molecule has 0 saturated heterocycles. The second-order valence-electron chi connectivity index (χ2n) is 10.2. The van der Waals surface area contributed by atoms with E-state index in [2.05, 4.69) is 44.9 Å². The van der Waals surface area contributed by atoms with Crippen molar-refractivity contribution in [1.82, 2.24) is 4.98 Å². The average Bonchev–Trinajstić information content (AvgIpc) is 2.63. The highest BCUT2D eigenvalue weighted by Gasteiger charge is 2.66. The largest absolute Gasteiger partial charge is 0.491 e. The topological polar surface area (TPSA) is 58.3 Å². The van der Waals surface area contributed by atoms with E-state index in [0.717, 1.165) is 25.0 Å². The standard InChI is InChI=1S/C19H30N2O2/c1-12(2)20-15-21-14(22)13(23-15)19-9-16(3)6-17(4,10-19)8-18(5,7-16)11-19/h12,22H,6-11H2,1-5H3,(H,20,21). The number of hydrogen-bond acceptors (Lipinski definition) is 4. The molecule has 4 nitrogen and oxygen atoms in total. The van der Waals surface area contributed by atoms with Crippen LogP contribution >= 0.6 is 0 Å². The van der Waals surface area contributed by atoms with Crippen molar-refractivity contribution in [2.75, 3.05) is 5.32 Å². The summed E-state index contributed by atoms with van der Waals surface area (Å²) in [5.41, 5.74) is 1.05. The van der Waals surface area contributed by atoms with Crippen molar-refractivity contribution in [2.45, 2.75) is 84.6 Å². The van der Waals surface area contributed by atoms with Crippen molar-refractivity contribution in [3.63, 3.8) is 0 Å². The molecule has 0 aromatic carbocycles. The van der Waals surface area contributed by atoms with Crippen molar-refractivity contribution in [2.24, 2.45) is 16.2 Å². The molecule has 0 amide bonds. The van der Waals surface area contributed by atoms with Crippen molar-refractivity contribution in [3.8, 4) is 5.88 Å². The summed E-state index contributed by atoms with van der Waals surface area (Å²) in [6.45, 7) is 11.4. The highest BCUT2D eigenvalue weighted by Crippen LogP contribution is 2.74. The minimum Gasteiger partial charge on any atom is -0.491 e. The molecule has 0 unspecified atom stereocenters. The lowest BCUT2D eigenvalue weighted by molar-refractivity contribution is -0.157. The van der Waals surface area contributed by atoms with E-state index >= 15 is 0 Å². The summed E-state index contributed by atoms with van der Waals surface area (Å²) in [6.07, 6.45) is 7.29. The van der Waals surface area contributed by atoms with E-state index in [0.29, 0.717) is 22.3 Å². The van der Waals surface area contributed by atoms with Gasteiger partial charge in [0.05, 0.1) is 0 Å². The first-order valence-corrected chi connectivity index (χ1v) is 9.02. The van der Waals surface area contributed by atoms with Gasteiger partial charge in [0.15, 0.2) is 5.76 Å². The number of hydrogen-bond donors (Lipinski definition) is 2. The average molecular weight is 318 g/mol. The molecule has 4 aliphatic carbocycles. The van der Waals surface area contributed by atoms with Crippen molar-refractivity contribution >= 4 is 6.01 Å². The molecule has 0 atom stereocenters. The summed E-state index contributed by atoms with van der Waals surface area (Å²) in [4.78, 5) is 4.25. The maximum absolute atomic E-state index is 10.5. The molecular weight excluding hydrogens is 288 g/mol. The molecule has 5 rings (SSSR count). The van der Waals surface area contributed by atoms with E-state index in [1.807, 2.05) is 0 Å². The third kappa shape index (κ3) is 2.28. The molecule has 4 aliphatic rings. The fraction of sp³-hybridized carbons (Fsp3) is 0.842. The Balaban J connectivity index is 1.78. The van der Waals surface area contributed by atoms with Crippen LogP contribution in [0.4, 0.5) is 6.01 Å². The van der Waals surface area contributed by atoms with Gasteiger partial charge in [-0.05, 0) is 68.6 Å². The van der Waals surface area contributed by atoms with Gasteiger partial charge >= 0.3 is 0 Å². The van der Waals surface area contributed by atoms with E-state index in [1.165, 1.54) is 19.3 Å². The van der Waals surface area contributed by atoms with E-state index < -0.39 is 0 Å². The third-order valence-electron chi connectivity index (χ3n) is 6.36. The molecule has 0 spiro atoms. The fourth-order valence-electron chi connectivity index (χ4n) is 7.50. The van der Waals surface area contributed by atoms with Crippen LogP contribution in [-0.4, -0.2) is 16.1 Å². The second kappa shape index (κ2) is 4.25. The summed E-state index contributed by atoms with van der Waals surface area (Å²) >= 11 is 0.